The Morgan fingerprint density at radius 2 is 1.74 bits per heavy atom. The summed E-state index contributed by atoms with van der Waals surface area (Å²) < 4.78 is 0.485. The average Bonchev–Trinajstić information content (AvgIpc) is 3.15. The zero-order chi connectivity index (χ0) is 18.5. The van der Waals surface area contributed by atoms with Crippen LogP contribution in [-0.4, -0.2) is 21.5 Å². The highest BCUT2D eigenvalue weighted by Gasteiger charge is 2.69. The highest BCUT2D eigenvalue weighted by molar-refractivity contribution is 14.1. The number of Topliss-reactive ketones (excluding diaryl/α,β-unsaturated/α-hetero) is 1. The number of benzene rings is 1. The van der Waals surface area contributed by atoms with Crippen LogP contribution in [0.3, 0.4) is 0 Å². The number of hydrogen-bond acceptors (Lipinski definition) is 3. The molecule has 3 saturated carbocycles. The summed E-state index contributed by atoms with van der Waals surface area (Å²) in [7, 11) is 0. The van der Waals surface area contributed by atoms with Gasteiger partial charge < -0.3 is 0 Å². The highest BCUT2D eigenvalue weighted by Crippen LogP contribution is 2.68. The number of fused-ring (bicyclic) bond motifs is 6. The van der Waals surface area contributed by atoms with Crippen LogP contribution in [0.1, 0.15) is 25.7 Å². The van der Waals surface area contributed by atoms with Crippen molar-refractivity contribution < 1.29 is 14.4 Å². The molecule has 0 radical (unpaired) electrons. The normalized spacial score (nSPS) is 44.4. The van der Waals surface area contributed by atoms with Gasteiger partial charge in [0.1, 0.15) is 0 Å². The lowest BCUT2D eigenvalue weighted by atomic mass is 9.53. The van der Waals surface area contributed by atoms with Crippen molar-refractivity contribution in [3.63, 3.8) is 0 Å². The van der Waals surface area contributed by atoms with E-state index in [-0.39, 0.29) is 46.7 Å². The first-order chi connectivity index (χ1) is 13.0. The molecule has 2 amide bonds. The second-order valence-electron chi connectivity index (χ2n) is 8.93. The molecule has 0 aromatic heterocycles. The maximum Gasteiger partial charge on any atom is 0.238 e. The zero-order valence-corrected chi connectivity index (χ0v) is 17.0. The van der Waals surface area contributed by atoms with E-state index in [1.165, 1.54) is 4.90 Å². The Hall–Kier alpha value is -1.50. The Balaban J connectivity index is 1.45. The van der Waals surface area contributed by atoms with Crippen LogP contribution in [0.25, 0.3) is 0 Å². The zero-order valence-electron chi connectivity index (χ0n) is 14.8. The van der Waals surface area contributed by atoms with Crippen molar-refractivity contribution in [2.45, 2.75) is 29.6 Å². The van der Waals surface area contributed by atoms with Crippen LogP contribution in [0.2, 0.25) is 0 Å². The minimum Gasteiger partial charge on any atom is -0.295 e. The number of alkyl halides is 1. The van der Waals surface area contributed by atoms with Crippen LogP contribution in [0.4, 0.5) is 5.69 Å². The van der Waals surface area contributed by atoms with Gasteiger partial charge in [0.05, 0.1) is 17.5 Å². The monoisotopic (exact) mass is 473 g/mol. The SMILES string of the molecule is O=C1CCC23CC(I)C(C2)C2C(C=C13)C1C(=O)N(c3ccccc3)C(=O)C12. The van der Waals surface area contributed by atoms with E-state index in [4.69, 9.17) is 0 Å². The van der Waals surface area contributed by atoms with Crippen molar-refractivity contribution in [1.29, 1.82) is 0 Å². The summed E-state index contributed by atoms with van der Waals surface area (Å²) in [6.07, 6.45) is 5.83. The third-order valence-corrected chi connectivity index (χ3v) is 9.28. The Labute approximate surface area is 171 Å². The fourth-order valence-corrected chi connectivity index (χ4v) is 8.40. The number of nitrogens with zero attached hydrogens (tertiary/aromatic N) is 1. The van der Waals surface area contributed by atoms with Gasteiger partial charge in [-0.3, -0.25) is 19.3 Å². The van der Waals surface area contributed by atoms with Crippen molar-refractivity contribution in [1.82, 2.24) is 0 Å². The van der Waals surface area contributed by atoms with E-state index in [2.05, 4.69) is 28.7 Å². The van der Waals surface area contributed by atoms with Crippen molar-refractivity contribution in [3.8, 4) is 0 Å². The van der Waals surface area contributed by atoms with Gasteiger partial charge in [-0.25, -0.2) is 0 Å². The molecule has 2 bridgehead atoms. The number of amides is 2. The lowest BCUT2D eigenvalue weighted by molar-refractivity contribution is -0.136. The number of halogens is 1. The second-order valence-corrected chi connectivity index (χ2v) is 10.5. The molecule has 1 aliphatic heterocycles. The third-order valence-electron chi connectivity index (χ3n) is 7.92. The lowest BCUT2D eigenvalue weighted by Gasteiger charge is -2.48. The van der Waals surface area contributed by atoms with Crippen LogP contribution in [0, 0.1) is 35.0 Å². The van der Waals surface area contributed by atoms with Gasteiger partial charge in [0, 0.05) is 15.8 Å². The molecule has 1 heterocycles. The Kier molecular flexibility index (Phi) is 3.23. The molecular formula is C22H20INO3. The van der Waals surface area contributed by atoms with E-state index in [0.717, 1.165) is 24.8 Å². The second kappa shape index (κ2) is 5.31. The number of carbonyl (C=O) groups excluding carboxylic acids is 3. The first-order valence-electron chi connectivity index (χ1n) is 9.84. The summed E-state index contributed by atoms with van der Waals surface area (Å²) >= 11 is 2.54. The van der Waals surface area contributed by atoms with E-state index in [1.807, 2.05) is 30.3 Å². The molecule has 7 unspecified atom stereocenters. The quantitative estimate of drug-likeness (QED) is 0.356. The smallest absolute Gasteiger partial charge is 0.238 e. The fraction of sp³-hybridized carbons (Fsp3) is 0.500. The molecule has 1 aromatic carbocycles. The van der Waals surface area contributed by atoms with E-state index in [1.54, 1.807) is 0 Å². The van der Waals surface area contributed by atoms with Gasteiger partial charge in [-0.2, -0.15) is 0 Å². The van der Waals surface area contributed by atoms with Gasteiger partial charge in [-0.1, -0.05) is 46.9 Å². The van der Waals surface area contributed by atoms with Crippen LogP contribution < -0.4 is 4.90 Å². The van der Waals surface area contributed by atoms with E-state index in [0.29, 0.717) is 22.0 Å². The first kappa shape index (κ1) is 16.5. The number of rotatable bonds is 1. The number of allylic oxidation sites excluding steroid dienone is 2. The van der Waals surface area contributed by atoms with Crippen molar-refractivity contribution in [2.75, 3.05) is 4.90 Å². The van der Waals surface area contributed by atoms with Crippen LogP contribution in [0.5, 0.6) is 0 Å². The molecule has 5 aliphatic rings. The fourth-order valence-electron chi connectivity index (χ4n) is 6.82. The van der Waals surface area contributed by atoms with Gasteiger partial charge in [0.15, 0.2) is 5.78 Å². The predicted octanol–water partition coefficient (Wildman–Crippen LogP) is 3.54. The molecule has 138 valence electrons. The van der Waals surface area contributed by atoms with Crippen molar-refractivity contribution in [2.24, 2.45) is 35.0 Å². The maximum atomic E-state index is 13.3. The summed E-state index contributed by atoms with van der Waals surface area (Å²) in [5.74, 6) is 0.405. The number of imide groups is 1. The van der Waals surface area contributed by atoms with E-state index in [9.17, 15) is 14.4 Å². The topological polar surface area (TPSA) is 54.5 Å². The van der Waals surface area contributed by atoms with Crippen LogP contribution in [0.15, 0.2) is 42.0 Å². The van der Waals surface area contributed by atoms with Crippen molar-refractivity contribution in [3.05, 3.63) is 42.0 Å². The minimum atomic E-state index is -0.274. The van der Waals surface area contributed by atoms with E-state index >= 15 is 0 Å². The molecule has 4 fully saturated rings. The molecule has 7 atom stereocenters. The van der Waals surface area contributed by atoms with Gasteiger partial charge in [0.2, 0.25) is 11.8 Å². The molecule has 0 N–H and O–H groups in total. The molecule has 4 nitrogen and oxygen atoms in total. The third kappa shape index (κ3) is 1.91. The number of ketones is 1. The molecule has 1 aromatic rings. The summed E-state index contributed by atoms with van der Waals surface area (Å²) in [5, 5.41) is 0. The molecule has 1 saturated heterocycles. The number of anilines is 1. The molecular weight excluding hydrogens is 453 g/mol. The number of hydrogen-bond donors (Lipinski definition) is 0. The van der Waals surface area contributed by atoms with Gasteiger partial charge >= 0.3 is 0 Å². The Morgan fingerprint density at radius 3 is 2.52 bits per heavy atom. The summed E-state index contributed by atoms with van der Waals surface area (Å²) in [6, 6.07) is 9.27. The minimum absolute atomic E-state index is 0.0289. The van der Waals surface area contributed by atoms with Crippen molar-refractivity contribution >= 4 is 45.9 Å². The Bertz CT molecular complexity index is 925. The lowest BCUT2D eigenvalue weighted by Crippen LogP contribution is -2.51. The van der Waals surface area contributed by atoms with Gasteiger partial charge in [0.25, 0.3) is 0 Å². The van der Waals surface area contributed by atoms with Crippen LogP contribution >= 0.6 is 22.6 Å². The summed E-state index contributed by atoms with van der Waals surface area (Å²) in [6.45, 7) is 0. The molecule has 5 heteroatoms. The first-order valence-corrected chi connectivity index (χ1v) is 11.1. The average molecular weight is 473 g/mol. The largest absolute Gasteiger partial charge is 0.295 e. The molecule has 27 heavy (non-hydrogen) atoms. The van der Waals surface area contributed by atoms with Gasteiger partial charge in [-0.05, 0) is 54.7 Å². The van der Waals surface area contributed by atoms with Gasteiger partial charge in [-0.15, -0.1) is 0 Å². The molecule has 6 rings (SSSR count). The Morgan fingerprint density at radius 1 is 1.00 bits per heavy atom. The number of carbonyl (C=O) groups is 3. The molecule has 1 spiro atoms. The summed E-state index contributed by atoms with van der Waals surface area (Å²) in [5.41, 5.74) is 1.70. The predicted molar refractivity (Wildman–Crippen MR) is 108 cm³/mol. The highest BCUT2D eigenvalue weighted by atomic mass is 127. The standard InChI is InChI=1S/C22H20INO3/c23-15-10-22-7-6-16(25)14(22)8-12-17(13(15)9-22)19-18(12)20(26)24(21(19)27)11-4-2-1-3-5-11/h1-5,8,12-13,15,17-19H,6-7,9-10H2. The molecule has 4 aliphatic carbocycles. The number of para-hydroxylation sites is 1. The van der Waals surface area contributed by atoms with Crippen LogP contribution in [-0.2, 0) is 14.4 Å². The maximum absolute atomic E-state index is 13.3. The summed E-state index contributed by atoms with van der Waals surface area (Å²) in [4.78, 5) is 40.5. The van der Waals surface area contributed by atoms with E-state index < -0.39 is 0 Å².